The molecule has 2 aliphatic rings. The molecule has 3 heterocycles. The Bertz CT molecular complexity index is 1700. The zero-order chi connectivity index (χ0) is 25.4. The molecule has 0 aliphatic carbocycles. The maximum Gasteiger partial charge on any atom is 0.338 e. The first-order valence-corrected chi connectivity index (χ1v) is 12.7. The van der Waals surface area contributed by atoms with Crippen LogP contribution in [-0.2, 0) is 9.53 Å². The van der Waals surface area contributed by atoms with Crippen molar-refractivity contribution < 1.29 is 19.0 Å². The standard InChI is InChI=1S/C29H22N2O5S/c1-2-34-28(33)24-25(19-9-5-3-6-10-19)30-29-31(26(24)20-11-7-4-8-12-20)27(32)23(37-29)16-18-13-14-21-22(15-18)36-17-35-21/h3-16,26H,2,17H2,1H3/b23-16-/t26-/m1/s1. The fourth-order valence-electron chi connectivity index (χ4n) is 4.55. The zero-order valence-electron chi connectivity index (χ0n) is 19.9. The molecule has 7 nitrogen and oxygen atoms in total. The second kappa shape index (κ2) is 9.55. The summed E-state index contributed by atoms with van der Waals surface area (Å²) in [6.07, 6.45) is 1.81. The zero-order valence-corrected chi connectivity index (χ0v) is 20.7. The highest BCUT2D eigenvalue weighted by Crippen LogP contribution is 2.35. The van der Waals surface area contributed by atoms with Crippen LogP contribution in [0.15, 0.2) is 94.2 Å². The van der Waals surface area contributed by atoms with E-state index in [0.29, 0.717) is 32.1 Å². The van der Waals surface area contributed by atoms with E-state index in [1.807, 2.05) is 84.9 Å². The molecule has 4 aromatic rings. The maximum atomic E-state index is 13.9. The summed E-state index contributed by atoms with van der Waals surface area (Å²) in [5.74, 6) is 0.818. The van der Waals surface area contributed by atoms with Crippen LogP contribution in [0.25, 0.3) is 11.8 Å². The molecule has 2 aliphatic heterocycles. The van der Waals surface area contributed by atoms with Gasteiger partial charge in [-0.25, -0.2) is 9.79 Å². The smallest absolute Gasteiger partial charge is 0.338 e. The first-order valence-electron chi connectivity index (χ1n) is 11.9. The van der Waals surface area contributed by atoms with Crippen molar-refractivity contribution in [1.29, 1.82) is 0 Å². The average molecular weight is 511 g/mol. The summed E-state index contributed by atoms with van der Waals surface area (Å²) in [7, 11) is 0. The van der Waals surface area contributed by atoms with Crippen molar-refractivity contribution in [3.8, 4) is 11.5 Å². The van der Waals surface area contributed by atoms with E-state index in [4.69, 9.17) is 19.2 Å². The Labute approximate surface area is 216 Å². The Morgan fingerprint density at radius 1 is 1.05 bits per heavy atom. The van der Waals surface area contributed by atoms with Gasteiger partial charge in [-0.05, 0) is 36.3 Å². The fraction of sp³-hybridized carbons (Fsp3) is 0.138. The van der Waals surface area contributed by atoms with E-state index in [0.717, 1.165) is 16.7 Å². The Morgan fingerprint density at radius 2 is 1.78 bits per heavy atom. The molecule has 0 bridgehead atoms. The van der Waals surface area contributed by atoms with Crippen molar-refractivity contribution in [3.05, 3.63) is 121 Å². The molecule has 3 aromatic carbocycles. The van der Waals surface area contributed by atoms with Crippen LogP contribution in [0.1, 0.15) is 29.7 Å². The predicted molar refractivity (Wildman–Crippen MR) is 140 cm³/mol. The number of carbonyl (C=O) groups is 1. The molecule has 0 fully saturated rings. The minimum absolute atomic E-state index is 0.178. The third-order valence-corrected chi connectivity index (χ3v) is 7.17. The van der Waals surface area contributed by atoms with Crippen LogP contribution in [0.3, 0.4) is 0 Å². The van der Waals surface area contributed by atoms with Crippen molar-refractivity contribution in [2.75, 3.05) is 13.4 Å². The Hall–Kier alpha value is -4.43. The monoisotopic (exact) mass is 510 g/mol. The summed E-state index contributed by atoms with van der Waals surface area (Å²) in [4.78, 5) is 32.6. The number of fused-ring (bicyclic) bond motifs is 2. The number of hydrogen-bond acceptors (Lipinski definition) is 7. The van der Waals surface area contributed by atoms with Crippen molar-refractivity contribution in [2.24, 2.45) is 4.99 Å². The molecule has 0 unspecified atom stereocenters. The van der Waals surface area contributed by atoms with E-state index in [-0.39, 0.29) is 19.0 Å². The van der Waals surface area contributed by atoms with Gasteiger partial charge in [-0.2, -0.15) is 0 Å². The van der Waals surface area contributed by atoms with Crippen LogP contribution in [-0.4, -0.2) is 23.9 Å². The van der Waals surface area contributed by atoms with Gasteiger partial charge in [0.2, 0.25) is 6.79 Å². The maximum absolute atomic E-state index is 13.9. The van der Waals surface area contributed by atoms with Gasteiger partial charge in [0.25, 0.3) is 5.56 Å². The minimum atomic E-state index is -0.689. The second-order valence-corrected chi connectivity index (χ2v) is 9.46. The number of benzene rings is 3. The van der Waals surface area contributed by atoms with Crippen molar-refractivity contribution in [1.82, 2.24) is 4.57 Å². The van der Waals surface area contributed by atoms with Gasteiger partial charge in [-0.3, -0.25) is 9.36 Å². The molecule has 8 heteroatoms. The van der Waals surface area contributed by atoms with Gasteiger partial charge in [0.1, 0.15) is 0 Å². The lowest BCUT2D eigenvalue weighted by Crippen LogP contribution is -2.39. The number of nitrogens with zero attached hydrogens (tertiary/aromatic N) is 2. The number of ether oxygens (including phenoxy) is 3. The second-order valence-electron chi connectivity index (χ2n) is 8.45. The molecule has 6 rings (SSSR count). The van der Waals surface area contributed by atoms with Crippen LogP contribution < -0.4 is 24.4 Å². The first kappa shape index (κ1) is 23.0. The lowest BCUT2D eigenvalue weighted by atomic mass is 9.93. The molecule has 37 heavy (non-hydrogen) atoms. The quantitative estimate of drug-likeness (QED) is 0.383. The molecule has 0 N–H and O–H groups in total. The summed E-state index contributed by atoms with van der Waals surface area (Å²) in [6.45, 7) is 2.15. The van der Waals surface area contributed by atoms with Gasteiger partial charge >= 0.3 is 5.97 Å². The van der Waals surface area contributed by atoms with Crippen LogP contribution in [0, 0.1) is 0 Å². The Kier molecular flexibility index (Phi) is 5.94. The highest BCUT2D eigenvalue weighted by atomic mass is 32.1. The SMILES string of the molecule is CCOC(=O)C1=C(c2ccccc2)N=c2s/c(=C\c3ccc4c(c3)OCO4)c(=O)n2[C@@H]1c1ccccc1. The van der Waals surface area contributed by atoms with Crippen LogP contribution in [0.2, 0.25) is 0 Å². The molecule has 1 atom stereocenters. The summed E-state index contributed by atoms with van der Waals surface area (Å²) in [5.41, 5.74) is 2.98. The predicted octanol–water partition coefficient (Wildman–Crippen LogP) is 3.66. The van der Waals surface area contributed by atoms with Gasteiger partial charge in [0, 0.05) is 5.56 Å². The average Bonchev–Trinajstić information content (AvgIpc) is 3.52. The molecule has 1 aromatic heterocycles. The molecule has 0 spiro atoms. The Morgan fingerprint density at radius 3 is 2.54 bits per heavy atom. The highest BCUT2D eigenvalue weighted by Gasteiger charge is 2.35. The summed E-state index contributed by atoms with van der Waals surface area (Å²) in [6, 6.07) is 23.9. The lowest BCUT2D eigenvalue weighted by molar-refractivity contribution is -0.138. The minimum Gasteiger partial charge on any atom is -0.463 e. The van der Waals surface area contributed by atoms with Crippen LogP contribution in [0.5, 0.6) is 11.5 Å². The third kappa shape index (κ3) is 4.15. The normalized spacial score (nSPS) is 16.4. The molecule has 0 amide bonds. The molecular weight excluding hydrogens is 488 g/mol. The molecular formula is C29H22N2O5S. The number of esters is 1. The van der Waals surface area contributed by atoms with Gasteiger partial charge in [-0.1, -0.05) is 78.1 Å². The first-order chi connectivity index (χ1) is 18.1. The topological polar surface area (TPSA) is 79.1 Å². The van der Waals surface area contributed by atoms with E-state index in [2.05, 4.69) is 0 Å². The van der Waals surface area contributed by atoms with Gasteiger partial charge in [0.05, 0.1) is 28.5 Å². The Balaban J connectivity index is 1.61. The van der Waals surface area contributed by atoms with E-state index in [1.54, 1.807) is 11.5 Å². The van der Waals surface area contributed by atoms with Crippen molar-refractivity contribution in [3.63, 3.8) is 0 Å². The van der Waals surface area contributed by atoms with E-state index in [9.17, 15) is 9.59 Å². The number of aromatic nitrogens is 1. The largest absolute Gasteiger partial charge is 0.463 e. The van der Waals surface area contributed by atoms with Gasteiger partial charge in [-0.15, -0.1) is 0 Å². The van der Waals surface area contributed by atoms with Gasteiger partial charge in [0.15, 0.2) is 16.3 Å². The van der Waals surface area contributed by atoms with Crippen LogP contribution >= 0.6 is 11.3 Å². The molecule has 184 valence electrons. The summed E-state index contributed by atoms with van der Waals surface area (Å²) >= 11 is 1.28. The fourth-order valence-corrected chi connectivity index (χ4v) is 5.55. The third-order valence-electron chi connectivity index (χ3n) is 6.18. The summed E-state index contributed by atoms with van der Waals surface area (Å²) in [5, 5.41) is 0. The molecule has 0 saturated heterocycles. The van der Waals surface area contributed by atoms with E-state index < -0.39 is 12.0 Å². The van der Waals surface area contributed by atoms with Crippen molar-refractivity contribution >= 4 is 29.1 Å². The molecule has 0 saturated carbocycles. The lowest BCUT2D eigenvalue weighted by Gasteiger charge is -2.25. The number of hydrogen-bond donors (Lipinski definition) is 0. The van der Waals surface area contributed by atoms with Gasteiger partial charge < -0.3 is 14.2 Å². The van der Waals surface area contributed by atoms with Crippen molar-refractivity contribution in [2.45, 2.75) is 13.0 Å². The van der Waals surface area contributed by atoms with E-state index >= 15 is 0 Å². The number of thiazole rings is 1. The number of rotatable bonds is 5. The highest BCUT2D eigenvalue weighted by molar-refractivity contribution is 7.07. The summed E-state index contributed by atoms with van der Waals surface area (Å²) < 4.78 is 18.5. The van der Waals surface area contributed by atoms with E-state index in [1.165, 1.54) is 11.3 Å². The number of carbonyl (C=O) groups excluding carboxylic acids is 1. The van der Waals surface area contributed by atoms with Crippen LogP contribution in [0.4, 0.5) is 0 Å². The molecule has 0 radical (unpaired) electrons.